The molecule has 1 aromatic heterocycles. The number of rotatable bonds is 4. The van der Waals surface area contributed by atoms with Crippen LogP contribution in [0.5, 0.6) is 0 Å². The second-order valence-corrected chi connectivity index (χ2v) is 6.24. The molecule has 4 nitrogen and oxygen atoms in total. The second kappa shape index (κ2) is 8.01. The molecule has 0 amide bonds. The molecule has 2 rings (SSSR count). The van der Waals surface area contributed by atoms with Crippen LogP contribution in [0.1, 0.15) is 51.0 Å². The van der Waals surface area contributed by atoms with Gasteiger partial charge in [0.1, 0.15) is 0 Å². The van der Waals surface area contributed by atoms with Crippen molar-refractivity contribution in [1.29, 1.82) is 0 Å². The average Bonchev–Trinajstić information content (AvgIpc) is 2.77. The van der Waals surface area contributed by atoms with Crippen molar-refractivity contribution in [2.45, 2.75) is 45.4 Å². The standard InChI is InChI=1S/C17H28N4/c1-14(2)16(15-8-7-9-19-12-15)13-20-17(18)21-10-5-3-4-6-11-21/h7-9,12,14,16H,3-6,10-11,13H2,1-2H3,(H2,18,20). The van der Waals surface area contributed by atoms with Crippen LogP contribution in [0.3, 0.4) is 0 Å². The van der Waals surface area contributed by atoms with Gasteiger partial charge in [0.25, 0.3) is 0 Å². The molecule has 2 N–H and O–H groups in total. The molecule has 4 heteroatoms. The highest BCUT2D eigenvalue weighted by atomic mass is 15.2. The molecule has 1 unspecified atom stereocenters. The molecule has 0 bridgehead atoms. The lowest BCUT2D eigenvalue weighted by Gasteiger charge is -2.23. The van der Waals surface area contributed by atoms with Crippen LogP contribution < -0.4 is 5.73 Å². The molecule has 0 saturated carbocycles. The SMILES string of the molecule is CC(C)C(CN=C(N)N1CCCCCC1)c1cccnc1. The van der Waals surface area contributed by atoms with Crippen LogP contribution in [0.15, 0.2) is 29.5 Å². The lowest BCUT2D eigenvalue weighted by molar-refractivity contribution is 0.424. The quantitative estimate of drug-likeness (QED) is 0.684. The second-order valence-electron chi connectivity index (χ2n) is 6.24. The van der Waals surface area contributed by atoms with Crippen molar-refractivity contribution in [2.24, 2.45) is 16.6 Å². The molecular weight excluding hydrogens is 260 g/mol. The van der Waals surface area contributed by atoms with Crippen molar-refractivity contribution in [3.05, 3.63) is 30.1 Å². The highest BCUT2D eigenvalue weighted by Crippen LogP contribution is 2.24. The van der Waals surface area contributed by atoms with E-state index in [9.17, 15) is 0 Å². The number of aromatic nitrogens is 1. The van der Waals surface area contributed by atoms with Crippen LogP contribution in [0.4, 0.5) is 0 Å². The Labute approximate surface area is 128 Å². The fourth-order valence-electron chi connectivity index (χ4n) is 2.89. The summed E-state index contributed by atoms with van der Waals surface area (Å²) in [6, 6.07) is 4.13. The summed E-state index contributed by atoms with van der Waals surface area (Å²) in [4.78, 5) is 11.2. The van der Waals surface area contributed by atoms with Gasteiger partial charge in [0.2, 0.25) is 0 Å². The molecular formula is C17H28N4. The summed E-state index contributed by atoms with van der Waals surface area (Å²) in [5, 5.41) is 0. The van der Waals surface area contributed by atoms with Gasteiger partial charge in [-0.15, -0.1) is 0 Å². The van der Waals surface area contributed by atoms with E-state index in [0.717, 1.165) is 19.6 Å². The van der Waals surface area contributed by atoms with Crippen LogP contribution in [-0.2, 0) is 0 Å². The molecule has 0 radical (unpaired) electrons. The highest BCUT2D eigenvalue weighted by molar-refractivity contribution is 5.78. The van der Waals surface area contributed by atoms with Gasteiger partial charge in [-0.05, 0) is 30.4 Å². The molecule has 0 spiro atoms. The summed E-state index contributed by atoms with van der Waals surface area (Å²) in [7, 11) is 0. The number of nitrogens with two attached hydrogens (primary N) is 1. The van der Waals surface area contributed by atoms with Crippen LogP contribution in [-0.4, -0.2) is 35.5 Å². The third-order valence-corrected chi connectivity index (χ3v) is 4.30. The molecule has 21 heavy (non-hydrogen) atoms. The zero-order chi connectivity index (χ0) is 15.1. The third-order valence-electron chi connectivity index (χ3n) is 4.30. The Morgan fingerprint density at radius 3 is 2.57 bits per heavy atom. The number of likely N-dealkylation sites (tertiary alicyclic amines) is 1. The van der Waals surface area contributed by atoms with E-state index in [2.05, 4.69) is 34.8 Å². The molecule has 0 aliphatic carbocycles. The first-order valence-corrected chi connectivity index (χ1v) is 8.13. The number of pyridine rings is 1. The fraction of sp³-hybridized carbons (Fsp3) is 0.647. The van der Waals surface area contributed by atoms with E-state index in [0.29, 0.717) is 17.8 Å². The largest absolute Gasteiger partial charge is 0.370 e. The minimum atomic E-state index is 0.379. The van der Waals surface area contributed by atoms with Crippen LogP contribution in [0.25, 0.3) is 0 Å². The van der Waals surface area contributed by atoms with Crippen molar-refractivity contribution < 1.29 is 0 Å². The lowest BCUT2D eigenvalue weighted by Crippen LogP contribution is -2.38. The van der Waals surface area contributed by atoms with Crippen LogP contribution in [0.2, 0.25) is 0 Å². The van der Waals surface area contributed by atoms with Gasteiger partial charge in [-0.3, -0.25) is 9.98 Å². The van der Waals surface area contributed by atoms with Crippen molar-refractivity contribution in [3.63, 3.8) is 0 Å². The summed E-state index contributed by atoms with van der Waals surface area (Å²) >= 11 is 0. The van der Waals surface area contributed by atoms with Crippen molar-refractivity contribution in [3.8, 4) is 0 Å². The van der Waals surface area contributed by atoms with E-state index in [1.165, 1.54) is 31.2 Å². The normalized spacial score (nSPS) is 18.6. The summed E-state index contributed by atoms with van der Waals surface area (Å²) in [5.41, 5.74) is 7.45. The molecule has 1 atom stereocenters. The summed E-state index contributed by atoms with van der Waals surface area (Å²) in [6.07, 6.45) is 8.85. The fourth-order valence-corrected chi connectivity index (χ4v) is 2.89. The first-order valence-electron chi connectivity index (χ1n) is 8.13. The van der Waals surface area contributed by atoms with Crippen molar-refractivity contribution >= 4 is 5.96 Å². The van der Waals surface area contributed by atoms with Crippen LogP contribution >= 0.6 is 0 Å². The Morgan fingerprint density at radius 1 is 1.29 bits per heavy atom. The number of hydrogen-bond acceptors (Lipinski definition) is 2. The topological polar surface area (TPSA) is 54.5 Å². The minimum absolute atomic E-state index is 0.379. The molecule has 1 aliphatic heterocycles. The zero-order valence-electron chi connectivity index (χ0n) is 13.3. The van der Waals surface area contributed by atoms with E-state index < -0.39 is 0 Å². The van der Waals surface area contributed by atoms with E-state index in [4.69, 9.17) is 5.73 Å². The summed E-state index contributed by atoms with van der Waals surface area (Å²) in [6.45, 7) is 7.31. The van der Waals surface area contributed by atoms with Gasteiger partial charge < -0.3 is 10.6 Å². The molecule has 1 aliphatic rings. The van der Waals surface area contributed by atoms with E-state index in [1.807, 2.05) is 18.5 Å². The molecule has 1 fully saturated rings. The number of guanidine groups is 1. The maximum absolute atomic E-state index is 6.20. The van der Waals surface area contributed by atoms with Crippen LogP contribution in [0, 0.1) is 5.92 Å². The van der Waals surface area contributed by atoms with Gasteiger partial charge in [0.05, 0.1) is 0 Å². The smallest absolute Gasteiger partial charge is 0.191 e. The predicted octanol–water partition coefficient (Wildman–Crippen LogP) is 3.01. The zero-order valence-corrected chi connectivity index (χ0v) is 13.3. The van der Waals surface area contributed by atoms with Gasteiger partial charge in [0, 0.05) is 37.9 Å². The van der Waals surface area contributed by atoms with E-state index >= 15 is 0 Å². The van der Waals surface area contributed by atoms with E-state index in [-0.39, 0.29) is 0 Å². The van der Waals surface area contributed by atoms with E-state index in [1.54, 1.807) is 0 Å². The predicted molar refractivity (Wildman–Crippen MR) is 88.3 cm³/mol. The first-order chi connectivity index (χ1) is 10.2. The summed E-state index contributed by atoms with van der Waals surface area (Å²) in [5.74, 6) is 1.62. The monoisotopic (exact) mass is 288 g/mol. The van der Waals surface area contributed by atoms with Gasteiger partial charge >= 0.3 is 0 Å². The lowest BCUT2D eigenvalue weighted by atomic mass is 9.89. The maximum atomic E-state index is 6.20. The Hall–Kier alpha value is -1.58. The average molecular weight is 288 g/mol. The highest BCUT2D eigenvalue weighted by Gasteiger charge is 2.17. The van der Waals surface area contributed by atoms with Gasteiger partial charge in [0.15, 0.2) is 5.96 Å². The molecule has 1 aromatic rings. The first kappa shape index (κ1) is 15.8. The molecule has 1 saturated heterocycles. The van der Waals surface area contributed by atoms with Gasteiger partial charge in [-0.2, -0.15) is 0 Å². The van der Waals surface area contributed by atoms with Gasteiger partial charge in [-0.1, -0.05) is 32.8 Å². The number of hydrogen-bond donors (Lipinski definition) is 1. The number of nitrogens with zero attached hydrogens (tertiary/aromatic N) is 3. The third kappa shape index (κ3) is 4.73. The Morgan fingerprint density at radius 2 is 2.00 bits per heavy atom. The summed E-state index contributed by atoms with van der Waals surface area (Å²) < 4.78 is 0. The minimum Gasteiger partial charge on any atom is -0.370 e. The molecule has 0 aromatic carbocycles. The van der Waals surface area contributed by atoms with Gasteiger partial charge in [-0.25, -0.2) is 0 Å². The van der Waals surface area contributed by atoms with Crippen molar-refractivity contribution in [1.82, 2.24) is 9.88 Å². The van der Waals surface area contributed by atoms with Crippen molar-refractivity contribution in [2.75, 3.05) is 19.6 Å². The molecule has 2 heterocycles. The molecule has 116 valence electrons. The Kier molecular flexibility index (Phi) is 6.03. The Bertz CT molecular complexity index is 433. The maximum Gasteiger partial charge on any atom is 0.191 e. The number of aliphatic imine (C=N–C) groups is 1. The Balaban J connectivity index is 2.01.